The molecule has 3 aromatic rings. The van der Waals surface area contributed by atoms with E-state index < -0.39 is 17.7 Å². The van der Waals surface area contributed by atoms with Crippen molar-refractivity contribution in [1.29, 1.82) is 0 Å². The summed E-state index contributed by atoms with van der Waals surface area (Å²) < 4.78 is 0. The predicted molar refractivity (Wildman–Crippen MR) is 135 cm³/mol. The lowest BCUT2D eigenvalue weighted by Crippen LogP contribution is -2.29. The summed E-state index contributed by atoms with van der Waals surface area (Å²) >= 11 is 0. The molecular formula is C29H30N2O3. The Morgan fingerprint density at radius 2 is 1.41 bits per heavy atom. The number of pyridine rings is 1. The highest BCUT2D eigenvalue weighted by Gasteiger charge is 2.47. The van der Waals surface area contributed by atoms with E-state index in [1.165, 1.54) is 4.90 Å². The number of nitrogens with zero attached hydrogens (tertiary/aromatic N) is 2. The number of benzene rings is 2. The van der Waals surface area contributed by atoms with Crippen LogP contribution in [-0.2, 0) is 9.59 Å². The number of aliphatic hydroxyl groups excluding tert-OH is 1. The SMILES string of the molecule is Cc1ccc(N2C(=O)C(=O)/C(=C(/O)c3ccc(C(C)C)cc3)C2c2ccc(C(C)C)cc2)cn1. The van der Waals surface area contributed by atoms with E-state index in [2.05, 4.69) is 32.7 Å². The lowest BCUT2D eigenvalue weighted by atomic mass is 9.92. The standard InChI is InChI=1S/C29H30N2O3/c1-17(2)20-7-11-22(12-8-20)26-25(27(32)23-13-9-21(10-14-23)18(3)4)28(33)29(34)31(26)24-15-6-19(5)30-16-24/h6-18,26,32H,1-5H3/b27-25+. The topological polar surface area (TPSA) is 70.5 Å². The summed E-state index contributed by atoms with van der Waals surface area (Å²) in [4.78, 5) is 32.3. The molecule has 2 heterocycles. The van der Waals surface area contributed by atoms with Crippen LogP contribution in [-0.4, -0.2) is 21.8 Å². The molecule has 1 saturated heterocycles. The van der Waals surface area contributed by atoms with Crippen molar-refractivity contribution in [1.82, 2.24) is 4.98 Å². The van der Waals surface area contributed by atoms with Crippen LogP contribution in [0.2, 0.25) is 0 Å². The van der Waals surface area contributed by atoms with Gasteiger partial charge in [0, 0.05) is 11.3 Å². The fourth-order valence-corrected chi connectivity index (χ4v) is 4.26. The third kappa shape index (κ3) is 4.26. The van der Waals surface area contributed by atoms with E-state index in [0.29, 0.717) is 23.1 Å². The lowest BCUT2D eigenvalue weighted by Gasteiger charge is -2.25. The summed E-state index contributed by atoms with van der Waals surface area (Å²) in [5.74, 6) is -0.862. The Kier molecular flexibility index (Phi) is 6.38. The van der Waals surface area contributed by atoms with Gasteiger partial charge in [0.25, 0.3) is 11.7 Å². The number of amides is 1. The van der Waals surface area contributed by atoms with Gasteiger partial charge in [0.15, 0.2) is 0 Å². The molecule has 0 radical (unpaired) electrons. The van der Waals surface area contributed by atoms with E-state index in [1.807, 2.05) is 43.3 Å². The van der Waals surface area contributed by atoms with Crippen molar-refractivity contribution in [2.45, 2.75) is 52.5 Å². The lowest BCUT2D eigenvalue weighted by molar-refractivity contribution is -0.132. The van der Waals surface area contributed by atoms with Gasteiger partial charge in [0.1, 0.15) is 5.76 Å². The summed E-state index contributed by atoms with van der Waals surface area (Å²) in [6.45, 7) is 10.3. The van der Waals surface area contributed by atoms with E-state index in [0.717, 1.165) is 22.4 Å². The van der Waals surface area contributed by atoms with Crippen LogP contribution in [0.15, 0.2) is 72.4 Å². The molecule has 0 bridgehead atoms. The number of aromatic nitrogens is 1. The normalized spacial score (nSPS) is 17.7. The molecule has 34 heavy (non-hydrogen) atoms. The van der Waals surface area contributed by atoms with Gasteiger partial charge in [-0.25, -0.2) is 0 Å². The van der Waals surface area contributed by atoms with E-state index >= 15 is 0 Å². The van der Waals surface area contributed by atoms with Crippen LogP contribution in [0.1, 0.15) is 73.5 Å². The Balaban J connectivity index is 1.89. The zero-order chi connectivity index (χ0) is 24.6. The Hall–Kier alpha value is -3.73. The van der Waals surface area contributed by atoms with Gasteiger partial charge in [-0.05, 0) is 47.6 Å². The van der Waals surface area contributed by atoms with Crippen molar-refractivity contribution in [3.63, 3.8) is 0 Å². The van der Waals surface area contributed by atoms with E-state index in [1.54, 1.807) is 30.5 Å². The quantitative estimate of drug-likeness (QED) is 0.280. The molecule has 0 saturated carbocycles. The predicted octanol–water partition coefficient (Wildman–Crippen LogP) is 6.26. The minimum absolute atomic E-state index is 0.0835. The molecule has 0 spiro atoms. The maximum atomic E-state index is 13.3. The summed E-state index contributed by atoms with van der Waals surface area (Å²) in [7, 11) is 0. The Morgan fingerprint density at radius 3 is 1.91 bits per heavy atom. The van der Waals surface area contributed by atoms with Gasteiger partial charge in [0.2, 0.25) is 0 Å². The van der Waals surface area contributed by atoms with Crippen molar-refractivity contribution in [3.8, 4) is 0 Å². The minimum Gasteiger partial charge on any atom is -0.507 e. The van der Waals surface area contributed by atoms with E-state index in [-0.39, 0.29) is 11.3 Å². The number of hydrogen-bond acceptors (Lipinski definition) is 4. The Labute approximate surface area is 200 Å². The second-order valence-electron chi connectivity index (χ2n) is 9.42. The second-order valence-corrected chi connectivity index (χ2v) is 9.42. The van der Waals surface area contributed by atoms with Gasteiger partial charge in [-0.1, -0.05) is 76.2 Å². The van der Waals surface area contributed by atoms with E-state index in [9.17, 15) is 14.7 Å². The summed E-state index contributed by atoms with van der Waals surface area (Å²) in [5, 5.41) is 11.3. The number of Topliss-reactive ketones (excluding diaryl/α,β-unsaturated/α-hetero) is 1. The molecular weight excluding hydrogens is 424 g/mol. The molecule has 1 amide bonds. The summed E-state index contributed by atoms with van der Waals surface area (Å²) in [6, 6.07) is 18.2. The maximum Gasteiger partial charge on any atom is 0.300 e. The first-order chi connectivity index (χ1) is 16.2. The molecule has 1 aliphatic heterocycles. The highest BCUT2D eigenvalue weighted by molar-refractivity contribution is 6.51. The highest BCUT2D eigenvalue weighted by Crippen LogP contribution is 2.42. The fraction of sp³-hybridized carbons (Fsp3) is 0.276. The van der Waals surface area contributed by atoms with Crippen molar-refractivity contribution >= 4 is 23.1 Å². The van der Waals surface area contributed by atoms with Crippen LogP contribution >= 0.6 is 0 Å². The number of hydrogen-bond donors (Lipinski definition) is 1. The average Bonchev–Trinajstić information content (AvgIpc) is 3.09. The number of rotatable bonds is 5. The van der Waals surface area contributed by atoms with Crippen LogP contribution in [0, 0.1) is 6.92 Å². The van der Waals surface area contributed by atoms with Gasteiger partial charge in [-0.2, -0.15) is 0 Å². The zero-order valence-corrected chi connectivity index (χ0v) is 20.2. The Bertz CT molecular complexity index is 1240. The van der Waals surface area contributed by atoms with Crippen LogP contribution in [0.5, 0.6) is 0 Å². The van der Waals surface area contributed by atoms with Gasteiger partial charge in [-0.3, -0.25) is 19.5 Å². The third-order valence-corrected chi connectivity index (χ3v) is 6.39. The largest absolute Gasteiger partial charge is 0.507 e. The molecule has 0 aliphatic carbocycles. The molecule has 1 unspecified atom stereocenters. The van der Waals surface area contributed by atoms with Crippen molar-refractivity contribution < 1.29 is 14.7 Å². The van der Waals surface area contributed by atoms with Crippen LogP contribution in [0.3, 0.4) is 0 Å². The molecule has 1 aromatic heterocycles. The molecule has 1 N–H and O–H groups in total. The molecule has 5 nitrogen and oxygen atoms in total. The molecule has 1 fully saturated rings. The number of aryl methyl sites for hydroxylation is 1. The van der Waals surface area contributed by atoms with Gasteiger partial charge >= 0.3 is 0 Å². The zero-order valence-electron chi connectivity index (χ0n) is 20.2. The molecule has 1 atom stereocenters. The van der Waals surface area contributed by atoms with Gasteiger partial charge in [0.05, 0.1) is 23.5 Å². The first-order valence-electron chi connectivity index (χ1n) is 11.6. The fourth-order valence-electron chi connectivity index (χ4n) is 4.26. The van der Waals surface area contributed by atoms with Crippen molar-refractivity contribution in [3.05, 3.63) is 100 Å². The van der Waals surface area contributed by atoms with Crippen LogP contribution in [0.4, 0.5) is 5.69 Å². The maximum absolute atomic E-state index is 13.3. The molecule has 4 rings (SSSR count). The molecule has 1 aliphatic rings. The minimum atomic E-state index is -0.754. The van der Waals surface area contributed by atoms with Gasteiger partial charge < -0.3 is 5.11 Å². The second kappa shape index (κ2) is 9.26. The highest BCUT2D eigenvalue weighted by atomic mass is 16.3. The van der Waals surface area contributed by atoms with Crippen molar-refractivity contribution in [2.75, 3.05) is 4.90 Å². The van der Waals surface area contributed by atoms with Crippen LogP contribution in [0.25, 0.3) is 5.76 Å². The monoisotopic (exact) mass is 454 g/mol. The number of ketones is 1. The van der Waals surface area contributed by atoms with Crippen molar-refractivity contribution in [2.24, 2.45) is 0 Å². The Morgan fingerprint density at radius 1 is 0.853 bits per heavy atom. The number of anilines is 1. The first-order valence-corrected chi connectivity index (χ1v) is 11.6. The first kappa shape index (κ1) is 23.4. The smallest absolute Gasteiger partial charge is 0.300 e. The molecule has 174 valence electrons. The number of carbonyl (C=O) groups excluding carboxylic acids is 2. The van der Waals surface area contributed by atoms with Gasteiger partial charge in [-0.15, -0.1) is 0 Å². The van der Waals surface area contributed by atoms with Crippen LogP contribution < -0.4 is 4.90 Å². The number of carbonyl (C=O) groups is 2. The summed E-state index contributed by atoms with van der Waals surface area (Å²) in [6.07, 6.45) is 1.59. The molecule has 5 heteroatoms. The van der Waals surface area contributed by atoms with E-state index in [4.69, 9.17) is 0 Å². The third-order valence-electron chi connectivity index (χ3n) is 6.39. The molecule has 2 aromatic carbocycles. The number of aliphatic hydroxyl groups is 1. The average molecular weight is 455 g/mol. The summed E-state index contributed by atoms with van der Waals surface area (Å²) in [5.41, 5.74) is 4.95.